The highest BCUT2D eigenvalue weighted by Crippen LogP contribution is 2.39. The molecule has 0 atom stereocenters. The van der Waals surface area contributed by atoms with Gasteiger partial charge in [0.15, 0.2) is 0 Å². The van der Waals surface area contributed by atoms with Crippen LogP contribution >= 0.6 is 0 Å². The number of allylic oxidation sites excluding steroid dienone is 3. The Hall–Kier alpha value is -2.95. The molecule has 1 aromatic heterocycles. The highest BCUT2D eigenvalue weighted by Gasteiger charge is 2.25. The Morgan fingerprint density at radius 2 is 1.97 bits per heavy atom. The molecule has 0 amide bonds. The largest absolute Gasteiger partial charge is 0.478 e. The molecule has 0 unspecified atom stereocenters. The van der Waals surface area contributed by atoms with Crippen molar-refractivity contribution in [2.45, 2.75) is 57.8 Å². The number of hydrogen-bond acceptors (Lipinski definition) is 3. The molecule has 2 aromatic rings. The summed E-state index contributed by atoms with van der Waals surface area (Å²) < 4.78 is 2.21. The number of rotatable bonds is 8. The van der Waals surface area contributed by atoms with E-state index in [1.165, 1.54) is 48.6 Å². The van der Waals surface area contributed by atoms with E-state index in [2.05, 4.69) is 41.3 Å². The van der Waals surface area contributed by atoms with Gasteiger partial charge in [0.2, 0.25) is 0 Å². The van der Waals surface area contributed by atoms with E-state index in [0.717, 1.165) is 24.1 Å². The van der Waals surface area contributed by atoms with E-state index >= 15 is 0 Å². The van der Waals surface area contributed by atoms with Crippen molar-refractivity contribution in [3.05, 3.63) is 65.0 Å². The van der Waals surface area contributed by atoms with Gasteiger partial charge in [0.25, 0.3) is 0 Å². The number of hydrogen-bond donors (Lipinski definition) is 3. The lowest BCUT2D eigenvalue weighted by Crippen LogP contribution is -2.18. The van der Waals surface area contributed by atoms with Crippen molar-refractivity contribution < 1.29 is 9.90 Å². The summed E-state index contributed by atoms with van der Waals surface area (Å²) >= 11 is 0. The third-order valence-electron chi connectivity index (χ3n) is 6.82. The summed E-state index contributed by atoms with van der Waals surface area (Å²) in [6.07, 6.45) is 16.4. The molecule has 5 nitrogen and oxygen atoms in total. The number of nitrogens with zero attached hydrogens (tertiary/aromatic N) is 1. The maximum absolute atomic E-state index is 11.9. The SMILES string of the molecule is C\C=C/C(=C\C(C(=O)O)=C(/N)CNc1cc(C2CCCCC2)c2c(ccn2C)c1)C1CC1. The number of nitrogens with one attached hydrogen (secondary N) is 1. The lowest BCUT2D eigenvalue weighted by molar-refractivity contribution is -0.132. The molecular weight excluding hydrogens is 398 g/mol. The molecule has 0 spiro atoms. The topological polar surface area (TPSA) is 80.3 Å². The highest BCUT2D eigenvalue weighted by molar-refractivity contribution is 5.91. The Labute approximate surface area is 190 Å². The Balaban J connectivity index is 1.61. The fourth-order valence-electron chi connectivity index (χ4n) is 4.97. The van der Waals surface area contributed by atoms with Crippen molar-refractivity contribution in [3.8, 4) is 0 Å². The number of nitrogens with two attached hydrogens (primary N) is 1. The van der Waals surface area contributed by atoms with Crippen LogP contribution in [0.5, 0.6) is 0 Å². The Bertz CT molecular complexity index is 1080. The van der Waals surface area contributed by atoms with Gasteiger partial charge in [-0.05, 0) is 79.9 Å². The molecule has 2 saturated carbocycles. The summed E-state index contributed by atoms with van der Waals surface area (Å²) in [5, 5.41) is 14.4. The number of aliphatic carboxylic acids is 1. The van der Waals surface area contributed by atoms with Crippen LogP contribution in [0, 0.1) is 5.92 Å². The summed E-state index contributed by atoms with van der Waals surface area (Å²) in [6, 6.07) is 6.54. The van der Waals surface area contributed by atoms with Gasteiger partial charge in [-0.25, -0.2) is 4.79 Å². The molecule has 170 valence electrons. The lowest BCUT2D eigenvalue weighted by atomic mass is 9.83. The molecule has 1 heterocycles. The van der Waals surface area contributed by atoms with Gasteiger partial charge in [0.1, 0.15) is 0 Å². The molecule has 2 fully saturated rings. The van der Waals surface area contributed by atoms with Gasteiger partial charge in [0.05, 0.1) is 17.6 Å². The van der Waals surface area contributed by atoms with Crippen LogP contribution in [-0.4, -0.2) is 22.2 Å². The Kier molecular flexibility index (Phi) is 6.73. The molecule has 0 radical (unpaired) electrons. The summed E-state index contributed by atoms with van der Waals surface area (Å²) in [5.74, 6) is 0.0575. The van der Waals surface area contributed by atoms with E-state index < -0.39 is 5.97 Å². The van der Waals surface area contributed by atoms with Crippen LogP contribution in [-0.2, 0) is 11.8 Å². The summed E-state index contributed by atoms with van der Waals surface area (Å²) in [7, 11) is 2.11. The van der Waals surface area contributed by atoms with E-state index in [0.29, 0.717) is 24.1 Å². The van der Waals surface area contributed by atoms with Crippen molar-refractivity contribution in [2.24, 2.45) is 18.7 Å². The number of aromatic nitrogens is 1. The zero-order valence-corrected chi connectivity index (χ0v) is 19.2. The monoisotopic (exact) mass is 433 g/mol. The molecule has 32 heavy (non-hydrogen) atoms. The average Bonchev–Trinajstić information content (AvgIpc) is 3.57. The van der Waals surface area contributed by atoms with Crippen LogP contribution in [0.25, 0.3) is 10.9 Å². The summed E-state index contributed by atoms with van der Waals surface area (Å²) in [4.78, 5) is 11.9. The molecule has 2 aliphatic carbocycles. The summed E-state index contributed by atoms with van der Waals surface area (Å²) in [6.45, 7) is 2.25. The fourth-order valence-corrected chi connectivity index (χ4v) is 4.97. The minimum Gasteiger partial charge on any atom is -0.478 e. The molecule has 0 aliphatic heterocycles. The van der Waals surface area contributed by atoms with Gasteiger partial charge in [-0.15, -0.1) is 0 Å². The van der Waals surface area contributed by atoms with E-state index in [1.807, 2.05) is 19.1 Å². The number of fused-ring (bicyclic) bond motifs is 1. The third kappa shape index (κ3) is 4.93. The molecule has 4 rings (SSSR count). The Morgan fingerprint density at radius 1 is 1.22 bits per heavy atom. The molecule has 0 saturated heterocycles. The van der Waals surface area contributed by atoms with Crippen molar-refractivity contribution in [1.82, 2.24) is 4.57 Å². The van der Waals surface area contributed by atoms with Crippen molar-refractivity contribution in [2.75, 3.05) is 11.9 Å². The third-order valence-corrected chi connectivity index (χ3v) is 6.82. The lowest BCUT2D eigenvalue weighted by Gasteiger charge is -2.24. The van der Waals surface area contributed by atoms with Crippen LogP contribution in [0.3, 0.4) is 0 Å². The number of carboxylic acid groups (broad SMARTS) is 1. The predicted octanol–water partition coefficient (Wildman–Crippen LogP) is 5.85. The maximum Gasteiger partial charge on any atom is 0.337 e. The molecule has 5 heteroatoms. The van der Waals surface area contributed by atoms with E-state index in [1.54, 1.807) is 6.08 Å². The van der Waals surface area contributed by atoms with Crippen LogP contribution in [0.4, 0.5) is 5.69 Å². The van der Waals surface area contributed by atoms with Gasteiger partial charge in [-0.2, -0.15) is 0 Å². The standard InChI is InChI=1S/C27H35N3O2/c1-3-7-20(18-10-11-18)15-24(27(31)32)25(28)17-29-22-14-21-12-13-30(2)26(21)23(16-22)19-8-5-4-6-9-19/h3,7,12-16,18-19,29H,4-6,8-11,17,28H2,1-2H3,(H,31,32)/b7-3-,20-15+,25-24+. The first-order valence-corrected chi connectivity index (χ1v) is 11.9. The first-order chi connectivity index (χ1) is 15.5. The maximum atomic E-state index is 11.9. The number of benzene rings is 1. The van der Waals surface area contributed by atoms with Gasteiger partial charge in [-0.3, -0.25) is 0 Å². The van der Waals surface area contributed by atoms with Crippen molar-refractivity contribution in [3.63, 3.8) is 0 Å². The smallest absolute Gasteiger partial charge is 0.337 e. The summed E-state index contributed by atoms with van der Waals surface area (Å²) in [5.41, 5.74) is 11.6. The highest BCUT2D eigenvalue weighted by atomic mass is 16.4. The second kappa shape index (κ2) is 9.68. The second-order valence-corrected chi connectivity index (χ2v) is 9.28. The molecular formula is C27H35N3O2. The van der Waals surface area contributed by atoms with Crippen LogP contribution in [0.15, 0.2) is 59.5 Å². The van der Waals surface area contributed by atoms with Crippen LogP contribution < -0.4 is 11.1 Å². The predicted molar refractivity (Wildman–Crippen MR) is 132 cm³/mol. The number of carbonyl (C=O) groups is 1. The minimum absolute atomic E-state index is 0.186. The van der Waals surface area contributed by atoms with Gasteiger partial charge in [0, 0.05) is 30.0 Å². The first-order valence-electron chi connectivity index (χ1n) is 11.9. The molecule has 0 bridgehead atoms. The minimum atomic E-state index is -0.978. The van der Waals surface area contributed by atoms with Crippen LogP contribution in [0.2, 0.25) is 0 Å². The van der Waals surface area contributed by atoms with Gasteiger partial charge < -0.3 is 20.7 Å². The number of carboxylic acids is 1. The van der Waals surface area contributed by atoms with E-state index in [-0.39, 0.29) is 5.57 Å². The van der Waals surface area contributed by atoms with Crippen molar-refractivity contribution in [1.29, 1.82) is 0 Å². The number of aryl methyl sites for hydroxylation is 1. The number of anilines is 1. The average molecular weight is 434 g/mol. The van der Waals surface area contributed by atoms with Gasteiger partial charge in [-0.1, -0.05) is 31.4 Å². The zero-order chi connectivity index (χ0) is 22.7. The van der Waals surface area contributed by atoms with Crippen LogP contribution in [0.1, 0.15) is 63.4 Å². The van der Waals surface area contributed by atoms with E-state index in [4.69, 9.17) is 5.73 Å². The fraction of sp³-hybridized carbons (Fsp3) is 0.444. The van der Waals surface area contributed by atoms with Gasteiger partial charge >= 0.3 is 5.97 Å². The van der Waals surface area contributed by atoms with Crippen molar-refractivity contribution >= 4 is 22.6 Å². The van der Waals surface area contributed by atoms with E-state index in [9.17, 15) is 9.90 Å². The molecule has 4 N–H and O–H groups in total. The molecule has 2 aliphatic rings. The molecule has 1 aromatic carbocycles. The zero-order valence-electron chi connectivity index (χ0n) is 19.2. The first kappa shape index (κ1) is 22.3. The quantitative estimate of drug-likeness (QED) is 0.360. The normalized spacial score (nSPS) is 18.9. The Morgan fingerprint density at radius 3 is 2.62 bits per heavy atom. The second-order valence-electron chi connectivity index (χ2n) is 9.28.